The van der Waals surface area contributed by atoms with Crippen LogP contribution in [0.4, 0.5) is 0 Å². The molecule has 0 aliphatic carbocycles. The van der Waals surface area contributed by atoms with Gasteiger partial charge in [-0.3, -0.25) is 0 Å². The summed E-state index contributed by atoms with van der Waals surface area (Å²) in [6.07, 6.45) is 0. The largest absolute Gasteiger partial charge is 0.496 e. The molecule has 3 rings (SSSR count). The van der Waals surface area contributed by atoms with Crippen LogP contribution in [0, 0.1) is 0 Å². The molecule has 1 aliphatic rings. The Morgan fingerprint density at radius 3 is 2.65 bits per heavy atom. The minimum atomic E-state index is -1.03. The molecule has 104 valence electrons. The van der Waals surface area contributed by atoms with Gasteiger partial charge >= 0.3 is 0 Å². The first-order valence-electron chi connectivity index (χ1n) is 6.81. The summed E-state index contributed by atoms with van der Waals surface area (Å²) in [5, 5.41) is 14.5. The standard InChI is InChI=1S/C17H19NO2/c1-17(19,14-9-5-6-10-15(14)20-2)16-13-8-4-3-7-12(13)11-18-16/h3-10,16,18-19H,11H2,1-2H3. The van der Waals surface area contributed by atoms with E-state index in [9.17, 15) is 5.11 Å². The van der Waals surface area contributed by atoms with Crippen LogP contribution in [0.25, 0.3) is 0 Å². The van der Waals surface area contributed by atoms with Crippen LogP contribution in [0.2, 0.25) is 0 Å². The van der Waals surface area contributed by atoms with E-state index in [-0.39, 0.29) is 6.04 Å². The summed E-state index contributed by atoms with van der Waals surface area (Å²) in [4.78, 5) is 0. The second-order valence-electron chi connectivity index (χ2n) is 5.36. The average Bonchev–Trinajstić information content (AvgIpc) is 2.92. The molecule has 0 spiro atoms. The summed E-state index contributed by atoms with van der Waals surface area (Å²) in [7, 11) is 1.63. The third kappa shape index (κ3) is 1.99. The Labute approximate surface area is 119 Å². The number of para-hydroxylation sites is 1. The van der Waals surface area contributed by atoms with Crippen LogP contribution < -0.4 is 10.1 Å². The van der Waals surface area contributed by atoms with Gasteiger partial charge in [0.2, 0.25) is 0 Å². The molecule has 3 nitrogen and oxygen atoms in total. The third-order valence-electron chi connectivity index (χ3n) is 4.08. The predicted octanol–water partition coefficient (Wildman–Crippen LogP) is 2.75. The molecule has 2 aromatic carbocycles. The number of benzene rings is 2. The maximum atomic E-state index is 11.1. The number of nitrogens with one attached hydrogen (secondary N) is 1. The molecular weight excluding hydrogens is 250 g/mol. The van der Waals surface area contributed by atoms with Gasteiger partial charge in [-0.1, -0.05) is 42.5 Å². The molecule has 2 atom stereocenters. The van der Waals surface area contributed by atoms with Crippen LogP contribution in [0.15, 0.2) is 48.5 Å². The number of aliphatic hydroxyl groups is 1. The average molecular weight is 269 g/mol. The zero-order valence-corrected chi connectivity index (χ0v) is 11.8. The lowest BCUT2D eigenvalue weighted by molar-refractivity contribution is 0.0156. The Hall–Kier alpha value is -1.84. The molecule has 20 heavy (non-hydrogen) atoms. The van der Waals surface area contributed by atoms with E-state index >= 15 is 0 Å². The van der Waals surface area contributed by atoms with E-state index in [2.05, 4.69) is 17.4 Å². The molecule has 2 N–H and O–H groups in total. The zero-order chi connectivity index (χ0) is 14.2. The normalized spacial score (nSPS) is 20.2. The number of rotatable bonds is 3. The number of fused-ring (bicyclic) bond motifs is 1. The monoisotopic (exact) mass is 269 g/mol. The van der Waals surface area contributed by atoms with Gasteiger partial charge in [0.1, 0.15) is 11.4 Å². The summed E-state index contributed by atoms with van der Waals surface area (Å²) in [5.41, 5.74) is 2.17. The molecule has 0 radical (unpaired) electrons. The van der Waals surface area contributed by atoms with Gasteiger partial charge < -0.3 is 15.2 Å². The Morgan fingerprint density at radius 2 is 1.85 bits per heavy atom. The lowest BCUT2D eigenvalue weighted by atomic mass is 9.84. The van der Waals surface area contributed by atoms with Crippen molar-refractivity contribution in [2.75, 3.05) is 7.11 Å². The molecule has 0 aromatic heterocycles. The fraction of sp³-hybridized carbons (Fsp3) is 0.294. The van der Waals surface area contributed by atoms with Gasteiger partial charge in [-0.25, -0.2) is 0 Å². The summed E-state index contributed by atoms with van der Waals surface area (Å²) >= 11 is 0. The number of ether oxygens (including phenoxy) is 1. The van der Waals surface area contributed by atoms with E-state index < -0.39 is 5.60 Å². The third-order valence-corrected chi connectivity index (χ3v) is 4.08. The zero-order valence-electron chi connectivity index (χ0n) is 11.8. The van der Waals surface area contributed by atoms with Crippen molar-refractivity contribution in [3.63, 3.8) is 0 Å². The summed E-state index contributed by atoms with van der Waals surface area (Å²) in [5.74, 6) is 0.712. The Kier molecular flexibility index (Phi) is 3.24. The molecule has 0 fully saturated rings. The highest BCUT2D eigenvalue weighted by Gasteiger charge is 2.40. The van der Waals surface area contributed by atoms with Crippen molar-refractivity contribution in [3.05, 3.63) is 65.2 Å². The van der Waals surface area contributed by atoms with E-state index in [1.165, 1.54) is 5.56 Å². The minimum Gasteiger partial charge on any atom is -0.496 e. The van der Waals surface area contributed by atoms with Crippen molar-refractivity contribution >= 4 is 0 Å². The van der Waals surface area contributed by atoms with E-state index in [1.54, 1.807) is 7.11 Å². The fourth-order valence-corrected chi connectivity index (χ4v) is 3.02. The van der Waals surface area contributed by atoms with E-state index in [4.69, 9.17) is 4.74 Å². The summed E-state index contributed by atoms with van der Waals surface area (Å²) < 4.78 is 5.39. The van der Waals surface area contributed by atoms with Crippen molar-refractivity contribution < 1.29 is 9.84 Å². The van der Waals surface area contributed by atoms with Crippen LogP contribution >= 0.6 is 0 Å². The number of hydrogen-bond acceptors (Lipinski definition) is 3. The van der Waals surface area contributed by atoms with Crippen LogP contribution in [0.3, 0.4) is 0 Å². The summed E-state index contributed by atoms with van der Waals surface area (Å²) in [6, 6.07) is 15.7. The molecule has 0 saturated heterocycles. The molecule has 0 amide bonds. The molecule has 1 aliphatic heterocycles. The Bertz CT molecular complexity index is 622. The number of methoxy groups -OCH3 is 1. The predicted molar refractivity (Wildman–Crippen MR) is 78.6 cm³/mol. The van der Waals surface area contributed by atoms with Crippen molar-refractivity contribution in [3.8, 4) is 5.75 Å². The first-order valence-corrected chi connectivity index (χ1v) is 6.81. The first kappa shape index (κ1) is 13.2. The molecule has 3 heteroatoms. The van der Waals surface area contributed by atoms with Crippen LogP contribution in [-0.4, -0.2) is 12.2 Å². The SMILES string of the molecule is COc1ccccc1C(C)(O)C1NCc2ccccc21. The topological polar surface area (TPSA) is 41.5 Å². The van der Waals surface area contributed by atoms with Crippen LogP contribution in [0.5, 0.6) is 5.75 Å². The van der Waals surface area contributed by atoms with Crippen molar-refractivity contribution in [2.45, 2.75) is 25.1 Å². The molecule has 1 heterocycles. The lowest BCUT2D eigenvalue weighted by Gasteiger charge is -2.32. The van der Waals surface area contributed by atoms with Gasteiger partial charge in [-0.15, -0.1) is 0 Å². The molecule has 0 saturated carbocycles. The fourth-order valence-electron chi connectivity index (χ4n) is 3.02. The van der Waals surface area contributed by atoms with Crippen LogP contribution in [-0.2, 0) is 12.1 Å². The number of hydrogen-bond donors (Lipinski definition) is 2. The quantitative estimate of drug-likeness (QED) is 0.900. The molecular formula is C17H19NO2. The van der Waals surface area contributed by atoms with E-state index in [0.717, 1.165) is 17.7 Å². The van der Waals surface area contributed by atoms with Gasteiger partial charge in [0.15, 0.2) is 0 Å². The highest BCUT2D eigenvalue weighted by molar-refractivity contribution is 5.43. The van der Waals surface area contributed by atoms with E-state index in [0.29, 0.717) is 5.75 Å². The highest BCUT2D eigenvalue weighted by Crippen LogP contribution is 2.42. The second-order valence-corrected chi connectivity index (χ2v) is 5.36. The molecule has 0 bridgehead atoms. The Balaban J connectivity index is 2.05. The minimum absolute atomic E-state index is 0.130. The second kappa shape index (κ2) is 4.93. The molecule has 2 unspecified atom stereocenters. The van der Waals surface area contributed by atoms with Crippen LogP contribution in [0.1, 0.15) is 29.7 Å². The summed E-state index contributed by atoms with van der Waals surface area (Å²) in [6.45, 7) is 2.62. The lowest BCUT2D eigenvalue weighted by Crippen LogP contribution is -2.36. The van der Waals surface area contributed by atoms with Gasteiger partial charge in [-0.2, -0.15) is 0 Å². The van der Waals surface area contributed by atoms with E-state index in [1.807, 2.05) is 43.3 Å². The maximum absolute atomic E-state index is 11.1. The first-order chi connectivity index (χ1) is 9.64. The maximum Gasteiger partial charge on any atom is 0.125 e. The Morgan fingerprint density at radius 1 is 1.15 bits per heavy atom. The van der Waals surface area contributed by atoms with Crippen molar-refractivity contribution in [2.24, 2.45) is 0 Å². The van der Waals surface area contributed by atoms with Gasteiger partial charge in [0.25, 0.3) is 0 Å². The highest BCUT2D eigenvalue weighted by atomic mass is 16.5. The van der Waals surface area contributed by atoms with Gasteiger partial charge in [0.05, 0.1) is 13.2 Å². The van der Waals surface area contributed by atoms with Crippen molar-refractivity contribution in [1.82, 2.24) is 5.32 Å². The van der Waals surface area contributed by atoms with Gasteiger partial charge in [0, 0.05) is 12.1 Å². The van der Waals surface area contributed by atoms with Gasteiger partial charge in [-0.05, 0) is 24.1 Å². The van der Waals surface area contributed by atoms with Crippen molar-refractivity contribution in [1.29, 1.82) is 0 Å². The molecule has 2 aromatic rings. The smallest absolute Gasteiger partial charge is 0.125 e.